The lowest BCUT2D eigenvalue weighted by atomic mass is 10.1. The normalized spacial score (nSPS) is 12.5. The summed E-state index contributed by atoms with van der Waals surface area (Å²) >= 11 is 0. The summed E-state index contributed by atoms with van der Waals surface area (Å²) in [6.45, 7) is 2.12. The van der Waals surface area contributed by atoms with Crippen molar-refractivity contribution >= 4 is 34.3 Å². The number of para-hydroxylation sites is 1. The van der Waals surface area contributed by atoms with Gasteiger partial charge in [0.25, 0.3) is 11.8 Å². The minimum Gasteiger partial charge on any atom is -0.463 e. The summed E-state index contributed by atoms with van der Waals surface area (Å²) in [5, 5.41) is 0.654. The van der Waals surface area contributed by atoms with Crippen molar-refractivity contribution < 1.29 is 18.8 Å². The average molecular weight is 440 g/mol. The van der Waals surface area contributed by atoms with Crippen LogP contribution in [0.4, 0.5) is 5.69 Å². The zero-order valence-electron chi connectivity index (χ0n) is 17.8. The van der Waals surface area contributed by atoms with E-state index < -0.39 is 11.8 Å². The van der Waals surface area contributed by atoms with Crippen LogP contribution >= 0.6 is 0 Å². The molecule has 33 heavy (non-hydrogen) atoms. The first-order valence-corrected chi connectivity index (χ1v) is 10.5. The lowest BCUT2D eigenvalue weighted by molar-refractivity contribution is -0.116. The zero-order chi connectivity index (χ0) is 22.9. The SMILES string of the molecule is CC(=O)N1CCc2cc(C(=O)NNC(=O)c3cc(-c4ccco4)nc4ccccc34)ccc21. The molecule has 3 amide bonds. The first-order chi connectivity index (χ1) is 16.0. The number of furan rings is 1. The van der Waals surface area contributed by atoms with Gasteiger partial charge in [-0.25, -0.2) is 4.98 Å². The second kappa shape index (κ2) is 8.23. The van der Waals surface area contributed by atoms with E-state index in [1.54, 1.807) is 53.6 Å². The molecule has 5 rings (SSSR count). The summed E-state index contributed by atoms with van der Waals surface area (Å²) in [6, 6.07) is 17.6. The number of hydrogen-bond acceptors (Lipinski definition) is 5. The average Bonchev–Trinajstić information content (AvgIpc) is 3.51. The molecule has 0 saturated carbocycles. The molecule has 1 aliphatic heterocycles. The molecule has 0 saturated heterocycles. The maximum Gasteiger partial charge on any atom is 0.270 e. The second-order valence-corrected chi connectivity index (χ2v) is 7.72. The Balaban J connectivity index is 1.36. The Labute approximate surface area is 189 Å². The Bertz CT molecular complexity index is 1400. The predicted octanol–water partition coefficient (Wildman–Crippen LogP) is 3.48. The fraction of sp³-hybridized carbons (Fsp3) is 0.120. The van der Waals surface area contributed by atoms with Crippen molar-refractivity contribution in [1.82, 2.24) is 15.8 Å². The van der Waals surface area contributed by atoms with Crippen LogP contribution in [0.15, 0.2) is 71.3 Å². The highest BCUT2D eigenvalue weighted by atomic mass is 16.3. The van der Waals surface area contributed by atoms with Crippen LogP contribution in [0.5, 0.6) is 0 Å². The first kappa shape index (κ1) is 20.4. The second-order valence-electron chi connectivity index (χ2n) is 7.72. The van der Waals surface area contributed by atoms with Gasteiger partial charge in [-0.2, -0.15) is 0 Å². The number of hydrogen-bond donors (Lipinski definition) is 2. The Morgan fingerprint density at radius 1 is 0.970 bits per heavy atom. The number of aromatic nitrogens is 1. The molecule has 164 valence electrons. The molecular weight excluding hydrogens is 420 g/mol. The minimum absolute atomic E-state index is 0.0308. The van der Waals surface area contributed by atoms with E-state index in [-0.39, 0.29) is 5.91 Å². The fourth-order valence-corrected chi connectivity index (χ4v) is 4.04. The van der Waals surface area contributed by atoms with Crippen LogP contribution in [0.25, 0.3) is 22.4 Å². The van der Waals surface area contributed by atoms with Gasteiger partial charge < -0.3 is 9.32 Å². The fourth-order valence-electron chi connectivity index (χ4n) is 4.04. The molecule has 0 bridgehead atoms. The highest BCUT2D eigenvalue weighted by molar-refractivity contribution is 6.08. The maximum absolute atomic E-state index is 13.0. The molecule has 8 nitrogen and oxygen atoms in total. The maximum atomic E-state index is 13.0. The smallest absolute Gasteiger partial charge is 0.270 e. The van der Waals surface area contributed by atoms with Crippen molar-refractivity contribution in [1.29, 1.82) is 0 Å². The number of nitrogens with zero attached hydrogens (tertiary/aromatic N) is 2. The van der Waals surface area contributed by atoms with Crippen molar-refractivity contribution in [2.75, 3.05) is 11.4 Å². The van der Waals surface area contributed by atoms with Gasteiger partial charge in [0.1, 0.15) is 5.69 Å². The molecule has 2 N–H and O–H groups in total. The highest BCUT2D eigenvalue weighted by Gasteiger charge is 2.23. The molecule has 2 aromatic heterocycles. The Morgan fingerprint density at radius 3 is 2.58 bits per heavy atom. The molecule has 0 spiro atoms. The van der Waals surface area contributed by atoms with Gasteiger partial charge in [-0.15, -0.1) is 0 Å². The van der Waals surface area contributed by atoms with E-state index in [1.807, 2.05) is 18.2 Å². The number of anilines is 1. The standard InChI is InChI=1S/C25H20N4O4/c1-15(30)29-11-10-16-13-17(8-9-22(16)29)24(31)27-28-25(32)19-14-21(23-7-4-12-33-23)26-20-6-3-2-5-18(19)20/h2-9,12-14H,10-11H2,1H3,(H,27,31)(H,28,32). The van der Waals surface area contributed by atoms with E-state index >= 15 is 0 Å². The molecule has 0 radical (unpaired) electrons. The van der Waals surface area contributed by atoms with Crippen molar-refractivity contribution in [2.45, 2.75) is 13.3 Å². The number of pyridine rings is 1. The van der Waals surface area contributed by atoms with Gasteiger partial charge in [-0.05, 0) is 54.4 Å². The largest absolute Gasteiger partial charge is 0.463 e. The predicted molar refractivity (Wildman–Crippen MR) is 123 cm³/mol. The van der Waals surface area contributed by atoms with Gasteiger partial charge in [0.2, 0.25) is 5.91 Å². The summed E-state index contributed by atoms with van der Waals surface area (Å²) in [6.07, 6.45) is 2.22. The van der Waals surface area contributed by atoms with E-state index in [0.717, 1.165) is 11.3 Å². The first-order valence-electron chi connectivity index (χ1n) is 10.5. The lowest BCUT2D eigenvalue weighted by Crippen LogP contribution is -2.41. The van der Waals surface area contributed by atoms with Crippen LogP contribution in [0.3, 0.4) is 0 Å². The monoisotopic (exact) mass is 440 g/mol. The number of carbonyl (C=O) groups excluding carboxylic acids is 3. The zero-order valence-corrected chi connectivity index (χ0v) is 17.8. The topological polar surface area (TPSA) is 105 Å². The van der Waals surface area contributed by atoms with Crippen LogP contribution in [0.1, 0.15) is 33.2 Å². The molecule has 0 aliphatic carbocycles. The van der Waals surface area contributed by atoms with Crippen molar-refractivity contribution in [3.63, 3.8) is 0 Å². The quantitative estimate of drug-likeness (QED) is 0.475. The van der Waals surface area contributed by atoms with Crippen molar-refractivity contribution in [2.24, 2.45) is 0 Å². The molecule has 3 heterocycles. The van der Waals surface area contributed by atoms with E-state index in [9.17, 15) is 14.4 Å². The number of hydrazine groups is 1. The van der Waals surface area contributed by atoms with Gasteiger partial charge in [0, 0.05) is 30.1 Å². The summed E-state index contributed by atoms with van der Waals surface area (Å²) in [5.74, 6) is -0.413. The molecule has 4 aromatic rings. The Hall–Kier alpha value is -4.46. The summed E-state index contributed by atoms with van der Waals surface area (Å²) in [5.41, 5.74) is 8.62. The van der Waals surface area contributed by atoms with Gasteiger partial charge in [0.05, 0.1) is 17.3 Å². The summed E-state index contributed by atoms with van der Waals surface area (Å²) < 4.78 is 5.43. The van der Waals surface area contributed by atoms with Crippen LogP contribution < -0.4 is 15.8 Å². The van der Waals surface area contributed by atoms with Crippen molar-refractivity contribution in [3.05, 3.63) is 83.6 Å². The summed E-state index contributed by atoms with van der Waals surface area (Å²) in [7, 11) is 0. The molecular formula is C25H20N4O4. The number of carbonyl (C=O) groups is 3. The van der Waals surface area contributed by atoms with Crippen LogP contribution in [-0.4, -0.2) is 29.3 Å². The molecule has 8 heteroatoms. The molecule has 0 fully saturated rings. The number of rotatable bonds is 3. The van der Waals surface area contributed by atoms with Crippen LogP contribution in [0.2, 0.25) is 0 Å². The van der Waals surface area contributed by atoms with E-state index in [4.69, 9.17) is 4.42 Å². The van der Waals surface area contributed by atoms with E-state index in [2.05, 4.69) is 15.8 Å². The molecule has 1 aliphatic rings. The molecule has 0 atom stereocenters. The van der Waals surface area contributed by atoms with Crippen LogP contribution in [-0.2, 0) is 11.2 Å². The van der Waals surface area contributed by atoms with E-state index in [1.165, 1.54) is 6.92 Å². The molecule has 0 unspecified atom stereocenters. The third kappa shape index (κ3) is 3.82. The number of benzene rings is 2. The summed E-state index contributed by atoms with van der Waals surface area (Å²) in [4.78, 5) is 43.6. The third-order valence-electron chi connectivity index (χ3n) is 5.64. The molecule has 2 aromatic carbocycles. The Kier molecular flexibility index (Phi) is 5.10. The van der Waals surface area contributed by atoms with Gasteiger partial charge in [-0.3, -0.25) is 25.2 Å². The number of amides is 3. The van der Waals surface area contributed by atoms with Crippen molar-refractivity contribution in [3.8, 4) is 11.5 Å². The minimum atomic E-state index is -0.473. The van der Waals surface area contributed by atoms with E-state index in [0.29, 0.717) is 46.4 Å². The van der Waals surface area contributed by atoms with Crippen LogP contribution in [0, 0.1) is 0 Å². The van der Waals surface area contributed by atoms with Gasteiger partial charge in [0.15, 0.2) is 5.76 Å². The highest BCUT2D eigenvalue weighted by Crippen LogP contribution is 2.29. The number of fused-ring (bicyclic) bond motifs is 2. The third-order valence-corrected chi connectivity index (χ3v) is 5.64. The Morgan fingerprint density at radius 2 is 1.79 bits per heavy atom. The number of nitrogens with one attached hydrogen (secondary N) is 2. The van der Waals surface area contributed by atoms with Gasteiger partial charge in [-0.1, -0.05) is 18.2 Å². The lowest BCUT2D eigenvalue weighted by Gasteiger charge is -2.15. The van der Waals surface area contributed by atoms with Gasteiger partial charge >= 0.3 is 0 Å².